The van der Waals surface area contributed by atoms with Crippen LogP contribution in [0.3, 0.4) is 0 Å². The summed E-state index contributed by atoms with van der Waals surface area (Å²) in [5.41, 5.74) is 1.76. The van der Waals surface area contributed by atoms with E-state index in [0.29, 0.717) is 18.9 Å². The highest BCUT2D eigenvalue weighted by Gasteiger charge is 2.42. The molecule has 1 N–H and O–H groups in total. The average molecular weight is 291 g/mol. The molecule has 0 bridgehead atoms. The number of aromatic nitrogens is 1. The van der Waals surface area contributed by atoms with Gasteiger partial charge in [-0.3, -0.25) is 9.59 Å². The molecule has 1 aromatic heterocycles. The first kappa shape index (κ1) is 14.1. The highest BCUT2D eigenvalue weighted by Crippen LogP contribution is 2.36. The first-order chi connectivity index (χ1) is 9.99. The molecule has 114 valence electrons. The van der Waals surface area contributed by atoms with Crippen LogP contribution in [0.2, 0.25) is 0 Å². The molecule has 0 spiro atoms. The molecule has 6 nitrogen and oxygen atoms in total. The lowest BCUT2D eigenvalue weighted by Crippen LogP contribution is -2.46. The van der Waals surface area contributed by atoms with Crippen molar-refractivity contribution < 1.29 is 14.1 Å². The lowest BCUT2D eigenvalue weighted by Gasteiger charge is -2.30. The summed E-state index contributed by atoms with van der Waals surface area (Å²) < 4.78 is 5.21. The lowest BCUT2D eigenvalue weighted by atomic mass is 10.0. The number of carbonyl (C=O) groups is 2. The first-order valence-corrected chi connectivity index (χ1v) is 7.51. The van der Waals surface area contributed by atoms with Gasteiger partial charge in [-0.2, -0.15) is 0 Å². The van der Waals surface area contributed by atoms with Crippen LogP contribution < -0.4 is 5.32 Å². The van der Waals surface area contributed by atoms with Crippen LogP contribution in [0.1, 0.15) is 49.2 Å². The third-order valence-electron chi connectivity index (χ3n) is 4.51. The van der Waals surface area contributed by atoms with Crippen LogP contribution in [-0.4, -0.2) is 34.5 Å². The predicted octanol–water partition coefficient (Wildman–Crippen LogP) is 1.48. The summed E-state index contributed by atoms with van der Waals surface area (Å²) in [4.78, 5) is 26.4. The Bertz CT molecular complexity index is 557. The number of hydrogen-bond donors (Lipinski definition) is 1. The van der Waals surface area contributed by atoms with Crippen molar-refractivity contribution in [1.82, 2.24) is 15.4 Å². The second kappa shape index (κ2) is 5.16. The topological polar surface area (TPSA) is 75.4 Å². The molecule has 1 aliphatic heterocycles. The second-order valence-corrected chi connectivity index (χ2v) is 6.08. The maximum absolute atomic E-state index is 12.8. The van der Waals surface area contributed by atoms with Gasteiger partial charge in [0.25, 0.3) is 0 Å². The molecule has 2 amide bonds. The number of nitrogens with zero attached hydrogens (tertiary/aromatic N) is 2. The van der Waals surface area contributed by atoms with E-state index in [9.17, 15) is 9.59 Å². The Morgan fingerprint density at radius 1 is 1.33 bits per heavy atom. The summed E-state index contributed by atoms with van der Waals surface area (Å²) in [5.74, 6) is 1.03. The fourth-order valence-corrected chi connectivity index (χ4v) is 3.19. The SMILES string of the molecule is Cc1noc(C)c1C(C)N1CCC(=O)NC(C2CC2)C1=O. The largest absolute Gasteiger partial charge is 0.361 e. The van der Waals surface area contributed by atoms with Crippen molar-refractivity contribution in [3.05, 3.63) is 17.0 Å². The summed E-state index contributed by atoms with van der Waals surface area (Å²) in [5, 5.41) is 6.85. The van der Waals surface area contributed by atoms with Crippen LogP contribution in [0, 0.1) is 19.8 Å². The molecule has 1 aliphatic carbocycles. The smallest absolute Gasteiger partial charge is 0.245 e. The van der Waals surface area contributed by atoms with Gasteiger partial charge in [-0.25, -0.2) is 0 Å². The zero-order valence-corrected chi connectivity index (χ0v) is 12.7. The third kappa shape index (κ3) is 2.54. The third-order valence-corrected chi connectivity index (χ3v) is 4.51. The van der Waals surface area contributed by atoms with E-state index in [-0.39, 0.29) is 23.9 Å². The van der Waals surface area contributed by atoms with Crippen LogP contribution in [0.25, 0.3) is 0 Å². The zero-order chi connectivity index (χ0) is 15.1. The molecule has 1 saturated carbocycles. The zero-order valence-electron chi connectivity index (χ0n) is 12.7. The van der Waals surface area contributed by atoms with Crippen molar-refractivity contribution in [2.45, 2.75) is 52.1 Å². The van der Waals surface area contributed by atoms with Crippen molar-refractivity contribution in [1.29, 1.82) is 0 Å². The molecule has 3 rings (SSSR count). The van der Waals surface area contributed by atoms with E-state index in [2.05, 4.69) is 10.5 Å². The quantitative estimate of drug-likeness (QED) is 0.915. The first-order valence-electron chi connectivity index (χ1n) is 7.51. The monoisotopic (exact) mass is 291 g/mol. The molecule has 0 radical (unpaired) electrons. The fourth-order valence-electron chi connectivity index (χ4n) is 3.19. The van der Waals surface area contributed by atoms with Gasteiger partial charge in [-0.1, -0.05) is 5.16 Å². The van der Waals surface area contributed by atoms with E-state index in [0.717, 1.165) is 29.9 Å². The number of rotatable bonds is 3. The van der Waals surface area contributed by atoms with Crippen LogP contribution in [0.15, 0.2) is 4.52 Å². The highest BCUT2D eigenvalue weighted by molar-refractivity contribution is 5.90. The van der Waals surface area contributed by atoms with Crippen molar-refractivity contribution in [2.24, 2.45) is 5.92 Å². The maximum atomic E-state index is 12.8. The Hall–Kier alpha value is -1.85. The summed E-state index contributed by atoms with van der Waals surface area (Å²) in [7, 11) is 0. The molecule has 1 aromatic rings. The van der Waals surface area contributed by atoms with E-state index in [1.807, 2.05) is 20.8 Å². The summed E-state index contributed by atoms with van der Waals surface area (Å²) >= 11 is 0. The molecular formula is C15H21N3O3. The number of amides is 2. The van der Waals surface area contributed by atoms with Crippen molar-refractivity contribution in [2.75, 3.05) is 6.54 Å². The normalized spacial score (nSPS) is 24.7. The number of aryl methyl sites for hydroxylation is 2. The van der Waals surface area contributed by atoms with Gasteiger partial charge in [0, 0.05) is 18.5 Å². The molecule has 6 heteroatoms. The molecule has 2 aliphatic rings. The minimum atomic E-state index is -0.358. The van der Waals surface area contributed by atoms with Gasteiger partial charge in [0.2, 0.25) is 11.8 Å². The van der Waals surface area contributed by atoms with Gasteiger partial charge >= 0.3 is 0 Å². The second-order valence-electron chi connectivity index (χ2n) is 6.08. The van der Waals surface area contributed by atoms with Crippen molar-refractivity contribution in [3.8, 4) is 0 Å². The van der Waals surface area contributed by atoms with Gasteiger partial charge in [0.15, 0.2) is 0 Å². The Kier molecular flexibility index (Phi) is 3.47. The van der Waals surface area contributed by atoms with E-state index in [4.69, 9.17) is 4.52 Å². The Labute approximate surface area is 123 Å². The molecule has 2 unspecified atom stereocenters. The maximum Gasteiger partial charge on any atom is 0.245 e. The molecular weight excluding hydrogens is 270 g/mol. The molecule has 2 heterocycles. The number of nitrogens with one attached hydrogen (secondary N) is 1. The highest BCUT2D eigenvalue weighted by atomic mass is 16.5. The van der Waals surface area contributed by atoms with Gasteiger partial charge in [0.05, 0.1) is 11.7 Å². The van der Waals surface area contributed by atoms with E-state index in [1.165, 1.54) is 0 Å². The number of carbonyl (C=O) groups excluding carboxylic acids is 2. The van der Waals surface area contributed by atoms with Crippen molar-refractivity contribution in [3.63, 3.8) is 0 Å². The Morgan fingerprint density at radius 2 is 2.05 bits per heavy atom. The predicted molar refractivity (Wildman–Crippen MR) is 75.4 cm³/mol. The van der Waals surface area contributed by atoms with Gasteiger partial charge < -0.3 is 14.7 Å². The van der Waals surface area contributed by atoms with E-state index >= 15 is 0 Å². The summed E-state index contributed by atoms with van der Waals surface area (Å²) in [6, 6.07) is -0.486. The average Bonchev–Trinajstić information content (AvgIpc) is 3.22. The Balaban J connectivity index is 1.88. The standard InChI is InChI=1S/C15H21N3O3/c1-8-13(10(3)21-17-8)9(2)18-7-6-12(19)16-14(15(18)20)11-4-5-11/h9,11,14H,4-7H2,1-3H3,(H,16,19). The van der Waals surface area contributed by atoms with Gasteiger partial charge in [-0.05, 0) is 39.5 Å². The lowest BCUT2D eigenvalue weighted by molar-refractivity contribution is -0.136. The van der Waals surface area contributed by atoms with E-state index < -0.39 is 0 Å². The van der Waals surface area contributed by atoms with Gasteiger partial charge in [-0.15, -0.1) is 0 Å². The molecule has 1 saturated heterocycles. The summed E-state index contributed by atoms with van der Waals surface area (Å²) in [6.07, 6.45) is 2.39. The van der Waals surface area contributed by atoms with Crippen LogP contribution in [0.4, 0.5) is 0 Å². The van der Waals surface area contributed by atoms with Gasteiger partial charge in [0.1, 0.15) is 11.8 Å². The molecule has 21 heavy (non-hydrogen) atoms. The minimum absolute atomic E-state index is 0.0239. The summed E-state index contributed by atoms with van der Waals surface area (Å²) in [6.45, 7) is 6.16. The molecule has 2 atom stereocenters. The van der Waals surface area contributed by atoms with Crippen LogP contribution in [-0.2, 0) is 9.59 Å². The minimum Gasteiger partial charge on any atom is -0.361 e. The van der Waals surface area contributed by atoms with Crippen LogP contribution in [0.5, 0.6) is 0 Å². The molecule has 0 aromatic carbocycles. The van der Waals surface area contributed by atoms with E-state index in [1.54, 1.807) is 4.90 Å². The molecule has 2 fully saturated rings. The van der Waals surface area contributed by atoms with Crippen LogP contribution >= 0.6 is 0 Å². The van der Waals surface area contributed by atoms with Crippen molar-refractivity contribution >= 4 is 11.8 Å². The number of hydrogen-bond acceptors (Lipinski definition) is 4. The fraction of sp³-hybridized carbons (Fsp3) is 0.667. The Morgan fingerprint density at radius 3 is 2.62 bits per heavy atom.